The van der Waals surface area contributed by atoms with Gasteiger partial charge in [0.05, 0.1) is 5.56 Å². The Kier molecular flexibility index (Phi) is 4.81. The van der Waals surface area contributed by atoms with Crippen LogP contribution in [0.2, 0.25) is 0 Å². The summed E-state index contributed by atoms with van der Waals surface area (Å²) in [6, 6.07) is 10.9. The Morgan fingerprint density at radius 2 is 2.03 bits per heavy atom. The van der Waals surface area contributed by atoms with Crippen molar-refractivity contribution in [3.05, 3.63) is 57.9 Å². The fourth-order valence-electron chi connectivity index (χ4n) is 3.64. The molecule has 0 spiro atoms. The largest absolute Gasteiger partial charge is 0.486 e. The van der Waals surface area contributed by atoms with Gasteiger partial charge in [-0.2, -0.15) is 5.26 Å². The van der Waals surface area contributed by atoms with Gasteiger partial charge in [-0.25, -0.2) is 0 Å². The van der Waals surface area contributed by atoms with Gasteiger partial charge in [-0.3, -0.25) is 4.79 Å². The van der Waals surface area contributed by atoms with E-state index < -0.39 is 0 Å². The van der Waals surface area contributed by atoms with Crippen LogP contribution in [-0.2, 0) is 19.4 Å². The summed E-state index contributed by atoms with van der Waals surface area (Å²) >= 11 is 1.49. The van der Waals surface area contributed by atoms with Gasteiger partial charge in [0, 0.05) is 10.9 Å². The van der Waals surface area contributed by atoms with Crippen molar-refractivity contribution in [2.45, 2.75) is 32.3 Å². The summed E-state index contributed by atoms with van der Waals surface area (Å²) in [4.78, 5) is 13.8. The first-order valence-corrected chi connectivity index (χ1v) is 10.5. The molecule has 3 heterocycles. The number of carbonyl (C=O) groups is 1. The molecule has 0 fully saturated rings. The third-order valence-corrected chi connectivity index (χ3v) is 6.33. The number of nitrogens with zero attached hydrogens (tertiary/aromatic N) is 1. The smallest absolute Gasteiger partial charge is 0.292 e. The van der Waals surface area contributed by atoms with Crippen LogP contribution in [0.1, 0.15) is 45.2 Å². The number of nitriles is 1. The number of fused-ring (bicyclic) bond motifs is 2. The average Bonchev–Trinajstić information content (AvgIpc) is 3.49. The second kappa shape index (κ2) is 7.76. The number of aryl methyl sites for hydroxylation is 1. The highest BCUT2D eigenvalue weighted by atomic mass is 32.1. The molecule has 1 aromatic carbocycles. The first kappa shape index (κ1) is 18.6. The SMILES string of the molecule is N#Cc1c(NC(=O)c2ccc(COc3ccc4c(c3)OCO4)o2)sc2c1CCCC2. The summed E-state index contributed by atoms with van der Waals surface area (Å²) in [5, 5.41) is 13.0. The molecule has 30 heavy (non-hydrogen) atoms. The lowest BCUT2D eigenvalue weighted by Gasteiger charge is -2.09. The van der Waals surface area contributed by atoms with E-state index in [0.717, 1.165) is 31.2 Å². The molecule has 0 unspecified atom stereocenters. The maximum absolute atomic E-state index is 12.6. The van der Waals surface area contributed by atoms with Crippen LogP contribution in [0.3, 0.4) is 0 Å². The standard InChI is InChI=1S/C22H18N2O5S/c23-10-16-15-3-1-2-4-20(15)30-22(16)24-21(25)18-8-6-14(29-18)11-26-13-5-7-17-19(9-13)28-12-27-17/h5-9H,1-4,11-12H2,(H,24,25). The molecule has 8 heteroatoms. The van der Waals surface area contributed by atoms with Gasteiger partial charge in [0.2, 0.25) is 6.79 Å². The van der Waals surface area contributed by atoms with Gasteiger partial charge in [-0.15, -0.1) is 11.3 Å². The van der Waals surface area contributed by atoms with Crippen LogP contribution in [0.15, 0.2) is 34.7 Å². The van der Waals surface area contributed by atoms with Crippen molar-refractivity contribution >= 4 is 22.2 Å². The van der Waals surface area contributed by atoms with Crippen LogP contribution in [0.25, 0.3) is 0 Å². The number of benzene rings is 1. The Labute approximate surface area is 176 Å². The third-order valence-electron chi connectivity index (χ3n) is 5.12. The molecule has 0 saturated carbocycles. The predicted octanol–water partition coefficient (Wildman–Crippen LogP) is 4.65. The summed E-state index contributed by atoms with van der Waals surface area (Å²) in [6.45, 7) is 0.375. The molecule has 2 aliphatic rings. The number of nitrogens with one attached hydrogen (secondary N) is 1. The van der Waals surface area contributed by atoms with Gasteiger partial charge in [0.1, 0.15) is 29.2 Å². The van der Waals surface area contributed by atoms with Gasteiger partial charge >= 0.3 is 0 Å². The van der Waals surface area contributed by atoms with E-state index in [2.05, 4.69) is 11.4 Å². The van der Waals surface area contributed by atoms with E-state index in [1.807, 2.05) is 0 Å². The molecule has 0 radical (unpaired) electrons. The van der Waals surface area contributed by atoms with Crippen molar-refractivity contribution in [2.75, 3.05) is 12.1 Å². The van der Waals surface area contributed by atoms with E-state index in [4.69, 9.17) is 18.6 Å². The first-order valence-electron chi connectivity index (χ1n) is 9.68. The van der Waals surface area contributed by atoms with Gasteiger partial charge in [-0.1, -0.05) is 0 Å². The summed E-state index contributed by atoms with van der Waals surface area (Å²) in [6.07, 6.45) is 4.06. The average molecular weight is 422 g/mol. The van der Waals surface area contributed by atoms with E-state index in [-0.39, 0.29) is 25.1 Å². The lowest BCUT2D eigenvalue weighted by molar-refractivity contribution is 0.0993. The predicted molar refractivity (Wildman–Crippen MR) is 109 cm³/mol. The van der Waals surface area contributed by atoms with Crippen molar-refractivity contribution in [2.24, 2.45) is 0 Å². The van der Waals surface area contributed by atoms with Crippen LogP contribution < -0.4 is 19.5 Å². The van der Waals surface area contributed by atoms with E-state index >= 15 is 0 Å². The summed E-state index contributed by atoms with van der Waals surface area (Å²) in [7, 11) is 0. The number of hydrogen-bond acceptors (Lipinski definition) is 7. The van der Waals surface area contributed by atoms with Gasteiger partial charge in [-0.05, 0) is 55.5 Å². The van der Waals surface area contributed by atoms with Gasteiger partial charge < -0.3 is 23.9 Å². The zero-order valence-corrected chi connectivity index (χ0v) is 16.8. The minimum absolute atomic E-state index is 0.170. The molecule has 0 bridgehead atoms. The number of amides is 1. The second-order valence-corrected chi connectivity index (χ2v) is 8.16. The minimum atomic E-state index is -0.376. The molecular formula is C22H18N2O5S. The lowest BCUT2D eigenvalue weighted by atomic mass is 9.96. The van der Waals surface area contributed by atoms with Crippen molar-refractivity contribution in [3.63, 3.8) is 0 Å². The second-order valence-electron chi connectivity index (χ2n) is 7.05. The number of ether oxygens (including phenoxy) is 3. The third kappa shape index (κ3) is 3.48. The monoisotopic (exact) mass is 422 g/mol. The van der Waals surface area contributed by atoms with Crippen LogP contribution >= 0.6 is 11.3 Å². The number of carbonyl (C=O) groups excluding carboxylic acids is 1. The molecule has 2 aromatic heterocycles. The molecule has 1 aliphatic carbocycles. The zero-order chi connectivity index (χ0) is 20.5. The lowest BCUT2D eigenvalue weighted by Crippen LogP contribution is -2.11. The molecule has 7 nitrogen and oxygen atoms in total. The minimum Gasteiger partial charge on any atom is -0.486 e. The Morgan fingerprint density at radius 1 is 1.17 bits per heavy atom. The quantitative estimate of drug-likeness (QED) is 0.643. The zero-order valence-electron chi connectivity index (χ0n) is 16.0. The van der Waals surface area contributed by atoms with E-state index in [1.165, 1.54) is 16.2 Å². The topological polar surface area (TPSA) is 93.7 Å². The molecule has 152 valence electrons. The van der Waals surface area contributed by atoms with Crippen molar-refractivity contribution in [3.8, 4) is 23.3 Å². The van der Waals surface area contributed by atoms with Crippen LogP contribution in [0, 0.1) is 11.3 Å². The Bertz CT molecular complexity index is 1160. The van der Waals surface area contributed by atoms with E-state index in [1.54, 1.807) is 30.3 Å². The van der Waals surface area contributed by atoms with Crippen LogP contribution in [0.4, 0.5) is 5.00 Å². The molecule has 3 aromatic rings. The van der Waals surface area contributed by atoms with Crippen molar-refractivity contribution in [1.29, 1.82) is 5.26 Å². The van der Waals surface area contributed by atoms with Crippen LogP contribution in [0.5, 0.6) is 17.2 Å². The van der Waals surface area contributed by atoms with Gasteiger partial charge in [0.15, 0.2) is 17.3 Å². The normalized spacial score (nSPS) is 14.1. The fourth-order valence-corrected chi connectivity index (χ4v) is 4.87. The number of anilines is 1. The van der Waals surface area contributed by atoms with Gasteiger partial charge in [0.25, 0.3) is 5.91 Å². The first-order chi connectivity index (χ1) is 14.7. The molecule has 1 aliphatic heterocycles. The Balaban J connectivity index is 1.25. The van der Waals surface area contributed by atoms with E-state index in [9.17, 15) is 10.1 Å². The number of thiophene rings is 1. The molecule has 0 saturated heterocycles. The van der Waals surface area contributed by atoms with Crippen LogP contribution in [-0.4, -0.2) is 12.7 Å². The summed E-state index contributed by atoms with van der Waals surface area (Å²) in [5.74, 6) is 2.26. The maximum Gasteiger partial charge on any atom is 0.292 e. The number of furan rings is 1. The summed E-state index contributed by atoms with van der Waals surface area (Å²) < 4.78 is 22.0. The highest BCUT2D eigenvalue weighted by Gasteiger charge is 2.23. The van der Waals surface area contributed by atoms with Crippen molar-refractivity contribution < 1.29 is 23.4 Å². The summed E-state index contributed by atoms with van der Waals surface area (Å²) in [5.41, 5.74) is 1.67. The Morgan fingerprint density at radius 3 is 2.93 bits per heavy atom. The molecule has 1 amide bonds. The maximum atomic E-state index is 12.6. The molecule has 1 N–H and O–H groups in total. The molecule has 5 rings (SSSR count). The number of hydrogen-bond donors (Lipinski definition) is 1. The van der Waals surface area contributed by atoms with Crippen molar-refractivity contribution in [1.82, 2.24) is 0 Å². The van der Waals surface area contributed by atoms with E-state index in [0.29, 0.717) is 33.6 Å². The fraction of sp³-hybridized carbons (Fsp3) is 0.273. The molecular weight excluding hydrogens is 404 g/mol. The Hall–Kier alpha value is -3.44. The highest BCUT2D eigenvalue weighted by molar-refractivity contribution is 7.16. The highest BCUT2D eigenvalue weighted by Crippen LogP contribution is 2.38. The number of rotatable bonds is 5. The molecule has 0 atom stereocenters.